The van der Waals surface area contributed by atoms with Gasteiger partial charge in [0.15, 0.2) is 0 Å². The van der Waals surface area contributed by atoms with Gasteiger partial charge in [0.05, 0.1) is 0 Å². The minimum Gasteiger partial charge on any atom is -0.121 e. The highest BCUT2D eigenvalue weighted by Gasteiger charge is 2.51. The number of hydrogen-bond acceptors (Lipinski definition) is 0. The summed E-state index contributed by atoms with van der Waals surface area (Å²) in [7, 11) is 49.9. The molecule has 1 saturated carbocycles. The Kier molecular flexibility index (Phi) is 3.78. The third-order valence-electron chi connectivity index (χ3n) is 6.71. The Labute approximate surface area is 160 Å². The van der Waals surface area contributed by atoms with Gasteiger partial charge in [0.25, 0.3) is 0 Å². The molecule has 0 nitrogen and oxygen atoms in total. The van der Waals surface area contributed by atoms with Crippen molar-refractivity contribution in [2.45, 2.75) is 19.8 Å². The second-order valence-electron chi connectivity index (χ2n) is 7.69. The SMILES string of the molecule is [B]C1=C([B])C2CC3=C([B])C4C([B])=C([B])C4(C)C([B])=C3CC2C([B])=C1[B]. The fourth-order valence-electron chi connectivity index (χ4n) is 5.01. The van der Waals surface area contributed by atoms with E-state index in [1.54, 1.807) is 0 Å². The minimum atomic E-state index is -0.529. The Hall–Kier alpha value is -0.781. The maximum atomic E-state index is 6.55. The van der Waals surface area contributed by atoms with Crippen LogP contribution < -0.4 is 0 Å². The summed E-state index contributed by atoms with van der Waals surface area (Å²) in [5, 5.41) is 0. The van der Waals surface area contributed by atoms with E-state index in [0.29, 0.717) is 45.7 Å². The molecule has 8 heteroatoms. The van der Waals surface area contributed by atoms with Gasteiger partial charge in [0, 0.05) is 0 Å². The molecule has 4 rings (SSSR count). The number of fused-ring (bicyclic) bond motifs is 3. The maximum Gasteiger partial charge on any atom is 0.111 e. The van der Waals surface area contributed by atoms with Crippen LogP contribution in [0.4, 0.5) is 0 Å². The van der Waals surface area contributed by atoms with Gasteiger partial charge in [0.1, 0.15) is 62.8 Å². The molecule has 0 spiro atoms. The molecule has 1 fully saturated rings. The molecule has 0 aromatic heterocycles. The third kappa shape index (κ3) is 1.95. The van der Waals surface area contributed by atoms with Crippen molar-refractivity contribution in [1.82, 2.24) is 0 Å². The fourth-order valence-corrected chi connectivity index (χ4v) is 5.01. The predicted octanol–water partition coefficient (Wildman–Crippen LogP) is 0.167. The lowest BCUT2D eigenvalue weighted by molar-refractivity contribution is 0.336. The largest absolute Gasteiger partial charge is 0.121 e. The zero-order valence-corrected chi connectivity index (χ0v) is 14.3. The summed E-state index contributed by atoms with van der Waals surface area (Å²) in [6, 6.07) is 0. The Morgan fingerprint density at radius 2 is 1.12 bits per heavy atom. The van der Waals surface area contributed by atoms with Crippen molar-refractivity contribution in [3.05, 3.63) is 54.9 Å². The minimum absolute atomic E-state index is 0.0376. The molecule has 0 aromatic carbocycles. The molecule has 0 saturated heterocycles. The van der Waals surface area contributed by atoms with E-state index < -0.39 is 5.41 Å². The van der Waals surface area contributed by atoms with E-state index in [2.05, 4.69) is 0 Å². The van der Waals surface area contributed by atoms with E-state index in [4.69, 9.17) is 62.8 Å². The van der Waals surface area contributed by atoms with E-state index in [1.165, 1.54) is 0 Å². The van der Waals surface area contributed by atoms with Gasteiger partial charge in [-0.2, -0.15) is 0 Å². The van der Waals surface area contributed by atoms with Crippen LogP contribution in [0.5, 0.6) is 0 Å². The smallest absolute Gasteiger partial charge is 0.111 e. The summed E-state index contributed by atoms with van der Waals surface area (Å²) in [5.41, 5.74) is 5.99. The highest BCUT2D eigenvalue weighted by atomic mass is 14.5. The maximum absolute atomic E-state index is 6.55. The molecule has 0 aromatic rings. The summed E-state index contributed by atoms with van der Waals surface area (Å²) in [6.07, 6.45) is 1.23. The van der Waals surface area contributed by atoms with E-state index in [-0.39, 0.29) is 17.8 Å². The molecular formula is C17H10B8. The van der Waals surface area contributed by atoms with Crippen LogP contribution in [-0.4, -0.2) is 62.8 Å². The summed E-state index contributed by atoms with van der Waals surface area (Å²) >= 11 is 0. The number of rotatable bonds is 0. The number of allylic oxidation sites excluding steroid dienone is 10. The van der Waals surface area contributed by atoms with Crippen LogP contribution in [0.2, 0.25) is 0 Å². The van der Waals surface area contributed by atoms with E-state index in [0.717, 1.165) is 22.1 Å². The number of hydrogen-bond donors (Lipinski definition) is 0. The first-order valence-electron chi connectivity index (χ1n) is 8.36. The second-order valence-corrected chi connectivity index (χ2v) is 7.69. The molecule has 4 atom stereocenters. The van der Waals surface area contributed by atoms with Crippen molar-refractivity contribution in [2.24, 2.45) is 23.2 Å². The van der Waals surface area contributed by atoms with Gasteiger partial charge < -0.3 is 0 Å². The van der Waals surface area contributed by atoms with Crippen LogP contribution in [0, 0.1) is 23.2 Å². The van der Waals surface area contributed by atoms with Gasteiger partial charge in [-0.3, -0.25) is 0 Å². The van der Waals surface area contributed by atoms with Gasteiger partial charge in [-0.05, 0) is 36.0 Å². The second kappa shape index (κ2) is 5.37. The molecule has 4 aliphatic rings. The lowest BCUT2D eigenvalue weighted by atomic mass is 9.35. The van der Waals surface area contributed by atoms with Crippen LogP contribution in [0.15, 0.2) is 54.9 Å². The highest BCUT2D eigenvalue weighted by molar-refractivity contribution is 6.45. The first-order chi connectivity index (χ1) is 11.6. The van der Waals surface area contributed by atoms with Crippen molar-refractivity contribution in [1.29, 1.82) is 0 Å². The van der Waals surface area contributed by atoms with Gasteiger partial charge in [-0.15, -0.1) is 43.8 Å². The average molecular weight is 301 g/mol. The Morgan fingerprint density at radius 1 is 0.640 bits per heavy atom. The average Bonchev–Trinajstić information content (AvgIpc) is 2.61. The normalized spacial score (nSPS) is 37.7. The van der Waals surface area contributed by atoms with Crippen molar-refractivity contribution < 1.29 is 0 Å². The quantitative estimate of drug-likeness (QED) is 0.560. The highest BCUT2D eigenvalue weighted by Crippen LogP contribution is 2.62. The summed E-state index contributed by atoms with van der Waals surface area (Å²) in [4.78, 5) is 0. The molecule has 0 heterocycles. The Morgan fingerprint density at radius 3 is 1.64 bits per heavy atom. The van der Waals surface area contributed by atoms with Crippen molar-refractivity contribution in [3.8, 4) is 0 Å². The lowest BCUT2D eigenvalue weighted by Gasteiger charge is -2.58. The van der Waals surface area contributed by atoms with Crippen LogP contribution in [-0.2, 0) is 0 Å². The van der Waals surface area contributed by atoms with E-state index in [1.807, 2.05) is 6.92 Å². The molecule has 4 unspecified atom stereocenters. The molecular weight excluding hydrogens is 291 g/mol. The van der Waals surface area contributed by atoms with Gasteiger partial charge >= 0.3 is 0 Å². The zero-order chi connectivity index (χ0) is 18.4. The summed E-state index contributed by atoms with van der Waals surface area (Å²) < 4.78 is 0. The van der Waals surface area contributed by atoms with Crippen molar-refractivity contribution in [2.75, 3.05) is 0 Å². The van der Waals surface area contributed by atoms with E-state index in [9.17, 15) is 0 Å². The fraction of sp³-hybridized carbons (Fsp3) is 0.412. The monoisotopic (exact) mass is 302 g/mol. The van der Waals surface area contributed by atoms with Crippen LogP contribution in [0.25, 0.3) is 0 Å². The van der Waals surface area contributed by atoms with Crippen LogP contribution in [0.1, 0.15) is 19.8 Å². The van der Waals surface area contributed by atoms with Crippen LogP contribution >= 0.6 is 0 Å². The molecule has 25 heavy (non-hydrogen) atoms. The lowest BCUT2D eigenvalue weighted by Crippen LogP contribution is -2.49. The topological polar surface area (TPSA) is 0 Å². The summed E-state index contributed by atoms with van der Waals surface area (Å²) in [5.74, 6) is -0.239. The summed E-state index contributed by atoms with van der Waals surface area (Å²) in [6.45, 7) is 1.99. The molecule has 16 radical (unpaired) electrons. The van der Waals surface area contributed by atoms with Gasteiger partial charge in [-0.1, -0.05) is 18.1 Å². The Bertz CT molecular complexity index is 871. The third-order valence-corrected chi connectivity index (χ3v) is 6.71. The Balaban J connectivity index is 1.88. The molecule has 0 N–H and O–H groups in total. The first kappa shape index (κ1) is 17.6. The molecule has 0 aliphatic heterocycles. The van der Waals surface area contributed by atoms with Gasteiger partial charge in [-0.25, -0.2) is 0 Å². The van der Waals surface area contributed by atoms with E-state index >= 15 is 0 Å². The predicted molar refractivity (Wildman–Crippen MR) is 109 cm³/mol. The molecule has 0 amide bonds. The molecule has 4 aliphatic carbocycles. The van der Waals surface area contributed by atoms with Crippen molar-refractivity contribution >= 4 is 62.8 Å². The van der Waals surface area contributed by atoms with Crippen molar-refractivity contribution in [3.63, 3.8) is 0 Å². The van der Waals surface area contributed by atoms with Gasteiger partial charge in [0.2, 0.25) is 0 Å². The first-order valence-corrected chi connectivity index (χ1v) is 8.36. The zero-order valence-electron chi connectivity index (χ0n) is 14.3. The molecule has 0 bridgehead atoms. The van der Waals surface area contributed by atoms with Crippen LogP contribution in [0.3, 0.4) is 0 Å². The molecule has 102 valence electrons. The standard InChI is InChI=1S/C17H10B8/c1-17-8(12(21)16(17)25)9(18)6-2-4-5(3-7(6)15(17)24)11(20)14(23)13(22)10(4)19/h4-5,8H,2-3H2,1H3.